The molecule has 3 nitrogen and oxygen atoms in total. The Balaban J connectivity index is 2.24. The molecular weight excluding hydrogens is 293 g/mol. The van der Waals surface area contributed by atoms with Gasteiger partial charge in [-0.2, -0.15) is 0 Å². The van der Waals surface area contributed by atoms with Gasteiger partial charge < -0.3 is 10.1 Å². The Hall–Kier alpha value is -2.07. The van der Waals surface area contributed by atoms with E-state index < -0.39 is 11.7 Å². The van der Waals surface area contributed by atoms with Gasteiger partial charge in [-0.1, -0.05) is 36.7 Å². The molecule has 0 saturated heterocycles. The molecule has 0 fully saturated rings. The van der Waals surface area contributed by atoms with E-state index in [2.05, 4.69) is 5.32 Å². The number of hydrogen-bond donors (Lipinski definition) is 1. The van der Waals surface area contributed by atoms with Gasteiger partial charge in [-0.25, -0.2) is 4.39 Å². The van der Waals surface area contributed by atoms with E-state index in [1.54, 1.807) is 24.3 Å². The molecule has 0 heterocycles. The molecule has 1 N–H and O–H groups in total. The van der Waals surface area contributed by atoms with Crippen molar-refractivity contribution >= 4 is 23.2 Å². The summed E-state index contributed by atoms with van der Waals surface area (Å²) >= 11 is 5.88. The van der Waals surface area contributed by atoms with Crippen LogP contribution in [0.15, 0.2) is 42.5 Å². The molecule has 2 aromatic rings. The number of carbonyl (C=O) groups is 1. The number of rotatable bonds is 5. The summed E-state index contributed by atoms with van der Waals surface area (Å²) in [7, 11) is 0. The van der Waals surface area contributed by atoms with Gasteiger partial charge in [-0.05, 0) is 30.7 Å². The Morgan fingerprint density at radius 3 is 2.71 bits per heavy atom. The van der Waals surface area contributed by atoms with Crippen molar-refractivity contribution in [1.29, 1.82) is 0 Å². The first-order valence-corrected chi connectivity index (χ1v) is 6.98. The summed E-state index contributed by atoms with van der Waals surface area (Å²) in [5.74, 6) is -0.724. The quantitative estimate of drug-likeness (QED) is 0.882. The third-order valence-corrected chi connectivity index (χ3v) is 3.10. The number of halogens is 2. The van der Waals surface area contributed by atoms with E-state index in [0.29, 0.717) is 18.0 Å². The first-order chi connectivity index (χ1) is 10.1. The molecule has 0 aliphatic rings. The lowest BCUT2D eigenvalue weighted by Crippen LogP contribution is -2.15. The van der Waals surface area contributed by atoms with Crippen LogP contribution in [0.5, 0.6) is 5.75 Å². The minimum Gasteiger partial charge on any atom is -0.491 e. The largest absolute Gasteiger partial charge is 0.491 e. The van der Waals surface area contributed by atoms with E-state index in [1.165, 1.54) is 18.2 Å². The van der Waals surface area contributed by atoms with Gasteiger partial charge in [-0.3, -0.25) is 4.79 Å². The van der Waals surface area contributed by atoms with E-state index in [0.717, 1.165) is 6.42 Å². The van der Waals surface area contributed by atoms with Crippen molar-refractivity contribution < 1.29 is 13.9 Å². The lowest BCUT2D eigenvalue weighted by Gasteiger charge is -2.12. The Morgan fingerprint density at radius 2 is 2.00 bits per heavy atom. The van der Waals surface area contributed by atoms with E-state index in [9.17, 15) is 9.18 Å². The Morgan fingerprint density at radius 1 is 1.24 bits per heavy atom. The molecule has 0 spiro atoms. The summed E-state index contributed by atoms with van der Waals surface area (Å²) in [6, 6.07) is 11.1. The van der Waals surface area contributed by atoms with Gasteiger partial charge in [0.2, 0.25) is 0 Å². The number of carbonyl (C=O) groups excluding carboxylic acids is 1. The maximum absolute atomic E-state index is 13.7. The number of ether oxygens (including phenoxy) is 1. The lowest BCUT2D eigenvalue weighted by molar-refractivity contribution is 0.102. The third-order valence-electron chi connectivity index (χ3n) is 2.79. The fourth-order valence-corrected chi connectivity index (χ4v) is 2.06. The van der Waals surface area contributed by atoms with E-state index in [1.807, 2.05) is 6.92 Å². The second-order valence-corrected chi connectivity index (χ2v) is 4.80. The molecule has 0 bridgehead atoms. The zero-order chi connectivity index (χ0) is 15.2. The first-order valence-electron chi connectivity index (χ1n) is 6.60. The van der Waals surface area contributed by atoms with Crippen LogP contribution >= 0.6 is 11.6 Å². The predicted octanol–water partition coefficient (Wildman–Crippen LogP) is 4.52. The number of hydrogen-bond acceptors (Lipinski definition) is 2. The van der Waals surface area contributed by atoms with Crippen LogP contribution in [-0.4, -0.2) is 12.5 Å². The molecule has 0 aliphatic carbocycles. The van der Waals surface area contributed by atoms with Crippen molar-refractivity contribution in [3.05, 3.63) is 58.9 Å². The summed E-state index contributed by atoms with van der Waals surface area (Å²) in [4.78, 5) is 12.2. The number of anilines is 1. The average Bonchev–Trinajstić information content (AvgIpc) is 2.46. The van der Waals surface area contributed by atoms with Crippen molar-refractivity contribution in [2.24, 2.45) is 0 Å². The van der Waals surface area contributed by atoms with Gasteiger partial charge in [0, 0.05) is 0 Å². The second kappa shape index (κ2) is 7.09. The van der Waals surface area contributed by atoms with Crippen LogP contribution in [0, 0.1) is 5.82 Å². The van der Waals surface area contributed by atoms with Crippen LogP contribution in [0.25, 0.3) is 0 Å². The van der Waals surface area contributed by atoms with Gasteiger partial charge in [0.05, 0.1) is 22.9 Å². The topological polar surface area (TPSA) is 38.3 Å². The highest BCUT2D eigenvalue weighted by molar-refractivity contribution is 6.34. The van der Waals surface area contributed by atoms with Crippen LogP contribution in [0.4, 0.5) is 10.1 Å². The highest BCUT2D eigenvalue weighted by atomic mass is 35.5. The number of amides is 1. The van der Waals surface area contributed by atoms with Crippen molar-refractivity contribution in [3.63, 3.8) is 0 Å². The van der Waals surface area contributed by atoms with Crippen LogP contribution in [0.1, 0.15) is 23.7 Å². The summed E-state index contributed by atoms with van der Waals surface area (Å²) in [6.07, 6.45) is 0.849. The van der Waals surface area contributed by atoms with Gasteiger partial charge in [-0.15, -0.1) is 0 Å². The molecule has 0 unspecified atom stereocenters. The minimum absolute atomic E-state index is 0.0689. The standard InChI is InChI=1S/C16H15ClFNO2/c1-2-10-21-14-9-4-3-8-13(14)19-16(20)15-11(17)6-5-7-12(15)18/h3-9H,2,10H2,1H3,(H,19,20). The summed E-state index contributed by atoms with van der Waals surface area (Å²) in [6.45, 7) is 2.52. The fourth-order valence-electron chi connectivity index (χ4n) is 1.81. The summed E-state index contributed by atoms with van der Waals surface area (Å²) in [5.41, 5.74) is 0.305. The summed E-state index contributed by atoms with van der Waals surface area (Å²) < 4.78 is 19.3. The van der Waals surface area contributed by atoms with Crippen LogP contribution in [0.2, 0.25) is 5.02 Å². The van der Waals surface area contributed by atoms with Gasteiger partial charge in [0.15, 0.2) is 0 Å². The molecule has 2 aromatic carbocycles. The minimum atomic E-state index is -0.660. The second-order valence-electron chi connectivity index (χ2n) is 4.40. The maximum Gasteiger partial charge on any atom is 0.260 e. The average molecular weight is 308 g/mol. The molecule has 0 saturated carbocycles. The molecule has 5 heteroatoms. The Kier molecular flexibility index (Phi) is 5.17. The monoisotopic (exact) mass is 307 g/mol. The Labute approximate surface area is 127 Å². The normalized spacial score (nSPS) is 10.2. The molecule has 21 heavy (non-hydrogen) atoms. The van der Waals surface area contributed by atoms with Crippen LogP contribution in [0.3, 0.4) is 0 Å². The first kappa shape index (κ1) is 15.3. The molecule has 0 aromatic heterocycles. The van der Waals surface area contributed by atoms with E-state index >= 15 is 0 Å². The van der Waals surface area contributed by atoms with Crippen LogP contribution in [-0.2, 0) is 0 Å². The highest BCUT2D eigenvalue weighted by Crippen LogP contribution is 2.26. The SMILES string of the molecule is CCCOc1ccccc1NC(=O)c1c(F)cccc1Cl. The maximum atomic E-state index is 13.7. The Bertz CT molecular complexity index is 626. The molecule has 0 radical (unpaired) electrons. The number of para-hydroxylation sites is 2. The number of benzene rings is 2. The predicted molar refractivity (Wildman–Crippen MR) is 81.6 cm³/mol. The molecule has 0 aliphatic heterocycles. The summed E-state index contributed by atoms with van der Waals surface area (Å²) in [5, 5.41) is 2.70. The zero-order valence-corrected chi connectivity index (χ0v) is 12.3. The van der Waals surface area contributed by atoms with Crippen molar-refractivity contribution in [2.75, 3.05) is 11.9 Å². The van der Waals surface area contributed by atoms with Gasteiger partial charge >= 0.3 is 0 Å². The van der Waals surface area contributed by atoms with E-state index in [4.69, 9.17) is 16.3 Å². The highest BCUT2D eigenvalue weighted by Gasteiger charge is 2.17. The van der Waals surface area contributed by atoms with E-state index in [-0.39, 0.29) is 10.6 Å². The molecule has 1 amide bonds. The molecule has 110 valence electrons. The van der Waals surface area contributed by atoms with Crippen molar-refractivity contribution in [3.8, 4) is 5.75 Å². The third kappa shape index (κ3) is 3.73. The molecular formula is C16H15ClFNO2. The van der Waals surface area contributed by atoms with Gasteiger partial charge in [0.1, 0.15) is 11.6 Å². The fraction of sp³-hybridized carbons (Fsp3) is 0.188. The van der Waals surface area contributed by atoms with Gasteiger partial charge in [0.25, 0.3) is 5.91 Å². The van der Waals surface area contributed by atoms with Crippen molar-refractivity contribution in [2.45, 2.75) is 13.3 Å². The van der Waals surface area contributed by atoms with Crippen LogP contribution < -0.4 is 10.1 Å². The molecule has 2 rings (SSSR count). The number of nitrogens with one attached hydrogen (secondary N) is 1. The smallest absolute Gasteiger partial charge is 0.260 e. The molecule has 0 atom stereocenters. The lowest BCUT2D eigenvalue weighted by atomic mass is 10.2. The zero-order valence-electron chi connectivity index (χ0n) is 11.5. The van der Waals surface area contributed by atoms with Crippen molar-refractivity contribution in [1.82, 2.24) is 0 Å².